The molecule has 7 nitrogen and oxygen atoms in total. The standard InChI is InChI=1S/C21H29N5O2/c1-15(2)20-23-16(3)13-19(24-20)25-9-11-26(12-10-25)21(27)22-14-17-5-7-18(28-4)8-6-17/h5-8,13,15H,9-12,14H2,1-4H3,(H,22,27). The van der Waals surface area contributed by atoms with E-state index in [1.54, 1.807) is 7.11 Å². The fourth-order valence-electron chi connectivity index (χ4n) is 3.17. The molecule has 1 N–H and O–H groups in total. The minimum absolute atomic E-state index is 0.0304. The third kappa shape index (κ3) is 4.91. The Hall–Kier alpha value is -2.83. The number of rotatable bonds is 5. The lowest BCUT2D eigenvalue weighted by Crippen LogP contribution is -2.52. The zero-order valence-corrected chi connectivity index (χ0v) is 17.1. The maximum absolute atomic E-state index is 12.5. The number of carbonyl (C=O) groups excluding carboxylic acids is 1. The number of piperazine rings is 1. The number of nitrogens with one attached hydrogen (secondary N) is 1. The summed E-state index contributed by atoms with van der Waals surface area (Å²) in [5, 5.41) is 3.00. The van der Waals surface area contributed by atoms with Crippen molar-refractivity contribution in [3.8, 4) is 5.75 Å². The van der Waals surface area contributed by atoms with Gasteiger partial charge in [0.2, 0.25) is 0 Å². The van der Waals surface area contributed by atoms with E-state index < -0.39 is 0 Å². The van der Waals surface area contributed by atoms with Crippen molar-refractivity contribution in [1.29, 1.82) is 0 Å². The number of benzene rings is 1. The molecule has 3 rings (SSSR count). The molecule has 1 fully saturated rings. The van der Waals surface area contributed by atoms with Crippen LogP contribution >= 0.6 is 0 Å². The highest BCUT2D eigenvalue weighted by Crippen LogP contribution is 2.19. The van der Waals surface area contributed by atoms with E-state index in [0.29, 0.717) is 25.6 Å². The quantitative estimate of drug-likeness (QED) is 0.860. The molecule has 2 aromatic rings. The summed E-state index contributed by atoms with van der Waals surface area (Å²) in [5.74, 6) is 2.93. The number of methoxy groups -OCH3 is 1. The van der Waals surface area contributed by atoms with Crippen molar-refractivity contribution in [3.05, 3.63) is 47.4 Å². The van der Waals surface area contributed by atoms with Gasteiger partial charge < -0.3 is 19.9 Å². The number of hydrogen-bond donors (Lipinski definition) is 1. The Kier molecular flexibility index (Phi) is 6.34. The zero-order chi connectivity index (χ0) is 20.1. The number of hydrogen-bond acceptors (Lipinski definition) is 5. The van der Waals surface area contributed by atoms with Gasteiger partial charge in [0.1, 0.15) is 17.4 Å². The molecule has 28 heavy (non-hydrogen) atoms. The Morgan fingerprint density at radius 2 is 1.82 bits per heavy atom. The highest BCUT2D eigenvalue weighted by molar-refractivity contribution is 5.74. The third-order valence-electron chi connectivity index (χ3n) is 4.87. The fourth-order valence-corrected chi connectivity index (χ4v) is 3.17. The number of nitrogens with zero attached hydrogens (tertiary/aromatic N) is 4. The van der Waals surface area contributed by atoms with Crippen molar-refractivity contribution in [2.45, 2.75) is 33.2 Å². The molecule has 1 aliphatic heterocycles. The second-order valence-corrected chi connectivity index (χ2v) is 7.36. The van der Waals surface area contributed by atoms with Crippen molar-refractivity contribution in [3.63, 3.8) is 0 Å². The lowest BCUT2D eigenvalue weighted by molar-refractivity contribution is 0.194. The van der Waals surface area contributed by atoms with Gasteiger partial charge in [-0.2, -0.15) is 0 Å². The van der Waals surface area contributed by atoms with Crippen LogP contribution in [0, 0.1) is 6.92 Å². The van der Waals surface area contributed by atoms with Crippen LogP contribution in [0.5, 0.6) is 5.75 Å². The molecule has 1 saturated heterocycles. The Morgan fingerprint density at radius 1 is 1.14 bits per heavy atom. The highest BCUT2D eigenvalue weighted by atomic mass is 16.5. The van der Waals surface area contributed by atoms with Crippen LogP contribution in [0.1, 0.15) is 36.8 Å². The molecule has 0 bridgehead atoms. The molecule has 2 heterocycles. The van der Waals surface area contributed by atoms with Gasteiger partial charge in [0.25, 0.3) is 0 Å². The van der Waals surface area contributed by atoms with Crippen molar-refractivity contribution < 1.29 is 9.53 Å². The average Bonchev–Trinajstić information content (AvgIpc) is 2.72. The smallest absolute Gasteiger partial charge is 0.317 e. The van der Waals surface area contributed by atoms with E-state index in [0.717, 1.165) is 41.7 Å². The normalized spacial score (nSPS) is 14.3. The zero-order valence-electron chi connectivity index (χ0n) is 17.1. The van der Waals surface area contributed by atoms with Crippen molar-refractivity contribution in [1.82, 2.24) is 20.2 Å². The molecular formula is C21H29N5O2. The van der Waals surface area contributed by atoms with Crippen LogP contribution in [0.4, 0.5) is 10.6 Å². The van der Waals surface area contributed by atoms with Gasteiger partial charge in [0, 0.05) is 50.4 Å². The average molecular weight is 383 g/mol. The molecule has 1 aliphatic rings. The van der Waals surface area contributed by atoms with Crippen LogP contribution < -0.4 is 15.0 Å². The second kappa shape index (κ2) is 8.91. The molecule has 0 saturated carbocycles. The summed E-state index contributed by atoms with van der Waals surface area (Å²) >= 11 is 0. The third-order valence-corrected chi connectivity index (χ3v) is 4.87. The lowest BCUT2D eigenvalue weighted by Gasteiger charge is -2.35. The van der Waals surface area contributed by atoms with E-state index in [9.17, 15) is 4.79 Å². The van der Waals surface area contributed by atoms with Gasteiger partial charge >= 0.3 is 6.03 Å². The van der Waals surface area contributed by atoms with Crippen molar-refractivity contribution in [2.75, 3.05) is 38.2 Å². The first kappa shape index (κ1) is 19.9. The molecule has 0 unspecified atom stereocenters. The monoisotopic (exact) mass is 383 g/mol. The van der Waals surface area contributed by atoms with Crippen LogP contribution in [0.3, 0.4) is 0 Å². The van der Waals surface area contributed by atoms with Crippen LogP contribution in [-0.2, 0) is 6.54 Å². The van der Waals surface area contributed by atoms with Gasteiger partial charge in [-0.25, -0.2) is 14.8 Å². The van der Waals surface area contributed by atoms with E-state index in [1.807, 2.05) is 42.2 Å². The van der Waals surface area contributed by atoms with Gasteiger partial charge in [-0.05, 0) is 24.6 Å². The van der Waals surface area contributed by atoms with E-state index in [1.165, 1.54) is 0 Å². The number of aryl methyl sites for hydroxylation is 1. The van der Waals surface area contributed by atoms with Gasteiger partial charge in [-0.15, -0.1) is 0 Å². The minimum atomic E-state index is -0.0304. The van der Waals surface area contributed by atoms with Gasteiger partial charge in [-0.3, -0.25) is 0 Å². The summed E-state index contributed by atoms with van der Waals surface area (Å²) in [6.45, 7) is 9.59. The maximum atomic E-state index is 12.5. The largest absolute Gasteiger partial charge is 0.497 e. The Morgan fingerprint density at radius 3 is 2.43 bits per heavy atom. The van der Waals surface area contributed by atoms with E-state index in [4.69, 9.17) is 9.72 Å². The van der Waals surface area contributed by atoms with Gasteiger partial charge in [0.15, 0.2) is 0 Å². The summed E-state index contributed by atoms with van der Waals surface area (Å²) in [6, 6.07) is 9.70. The number of carbonyl (C=O) groups is 1. The van der Waals surface area contributed by atoms with Gasteiger partial charge in [0.05, 0.1) is 7.11 Å². The molecule has 7 heteroatoms. The maximum Gasteiger partial charge on any atom is 0.317 e. The fraction of sp³-hybridized carbons (Fsp3) is 0.476. The van der Waals surface area contributed by atoms with E-state index in [2.05, 4.69) is 29.0 Å². The summed E-state index contributed by atoms with van der Waals surface area (Å²) in [4.78, 5) is 25.8. The second-order valence-electron chi connectivity index (χ2n) is 7.36. The first-order valence-corrected chi connectivity index (χ1v) is 9.72. The van der Waals surface area contributed by atoms with Crippen LogP contribution in [0.15, 0.2) is 30.3 Å². The number of ether oxygens (including phenoxy) is 1. The summed E-state index contributed by atoms with van der Waals surface area (Å²) < 4.78 is 5.15. The molecule has 0 radical (unpaired) electrons. The Balaban J connectivity index is 1.52. The molecule has 2 amide bonds. The minimum Gasteiger partial charge on any atom is -0.497 e. The molecule has 1 aromatic carbocycles. The predicted octanol–water partition coefficient (Wildman–Crippen LogP) is 2.95. The predicted molar refractivity (Wildman–Crippen MR) is 110 cm³/mol. The van der Waals surface area contributed by atoms with E-state index in [-0.39, 0.29) is 6.03 Å². The highest BCUT2D eigenvalue weighted by Gasteiger charge is 2.22. The van der Waals surface area contributed by atoms with Gasteiger partial charge in [-0.1, -0.05) is 26.0 Å². The SMILES string of the molecule is COc1ccc(CNC(=O)N2CCN(c3cc(C)nc(C(C)C)n3)CC2)cc1. The molecule has 1 aromatic heterocycles. The summed E-state index contributed by atoms with van der Waals surface area (Å²) in [6.07, 6.45) is 0. The van der Waals surface area contributed by atoms with E-state index >= 15 is 0 Å². The lowest BCUT2D eigenvalue weighted by atomic mass is 10.2. The number of urea groups is 1. The number of amides is 2. The first-order chi connectivity index (χ1) is 13.5. The molecule has 150 valence electrons. The number of aromatic nitrogens is 2. The van der Waals surface area contributed by atoms with Crippen molar-refractivity contribution >= 4 is 11.8 Å². The molecular weight excluding hydrogens is 354 g/mol. The Labute approximate surface area is 166 Å². The van der Waals surface area contributed by atoms with Crippen LogP contribution in [-0.4, -0.2) is 54.2 Å². The van der Waals surface area contributed by atoms with Crippen LogP contribution in [0.25, 0.3) is 0 Å². The van der Waals surface area contributed by atoms with Crippen LogP contribution in [0.2, 0.25) is 0 Å². The van der Waals surface area contributed by atoms with Crippen molar-refractivity contribution in [2.24, 2.45) is 0 Å². The Bertz CT molecular complexity index is 799. The summed E-state index contributed by atoms with van der Waals surface area (Å²) in [7, 11) is 1.64. The molecule has 0 spiro atoms. The molecule has 0 atom stereocenters. The number of anilines is 1. The first-order valence-electron chi connectivity index (χ1n) is 9.72. The molecule has 0 aliphatic carbocycles. The summed E-state index contributed by atoms with van der Waals surface area (Å²) in [5.41, 5.74) is 2.03. The topological polar surface area (TPSA) is 70.6 Å².